The fourth-order valence-electron chi connectivity index (χ4n) is 2.23. The van der Waals surface area contributed by atoms with Crippen molar-refractivity contribution in [2.45, 2.75) is 44.8 Å². The van der Waals surface area contributed by atoms with Gasteiger partial charge in [-0.2, -0.15) is 13.2 Å². The lowest BCUT2D eigenvalue weighted by molar-refractivity contribution is -0.143. The Labute approximate surface area is 141 Å². The zero-order chi connectivity index (χ0) is 19.2. The monoisotopic (exact) mass is 367 g/mol. The third kappa shape index (κ3) is 6.67. The van der Waals surface area contributed by atoms with Gasteiger partial charge in [-0.1, -0.05) is 19.1 Å². The van der Waals surface area contributed by atoms with E-state index >= 15 is 0 Å². The molecule has 1 rings (SSSR count). The van der Waals surface area contributed by atoms with Gasteiger partial charge in [-0.05, 0) is 30.5 Å². The van der Waals surface area contributed by atoms with Crippen LogP contribution in [0, 0.1) is 5.92 Å². The van der Waals surface area contributed by atoms with Gasteiger partial charge >= 0.3 is 12.1 Å². The predicted molar refractivity (Wildman–Crippen MR) is 79.1 cm³/mol. The summed E-state index contributed by atoms with van der Waals surface area (Å²) in [5.74, 6) is -3.04. The first-order valence-corrected chi connectivity index (χ1v) is 7.52. The molecule has 2 unspecified atom stereocenters. The SMILES string of the molecule is CCC(Cc1ccc(C(F)(F)F)cc1)C(=O)NC(CC(F)F)C(=O)O. The van der Waals surface area contributed by atoms with Crippen molar-refractivity contribution in [3.05, 3.63) is 35.4 Å². The molecule has 0 aliphatic heterocycles. The average molecular weight is 367 g/mol. The molecule has 2 atom stereocenters. The first kappa shape index (κ1) is 20.9. The van der Waals surface area contributed by atoms with Gasteiger partial charge in [0, 0.05) is 12.3 Å². The molecule has 0 aliphatic carbocycles. The smallest absolute Gasteiger partial charge is 0.416 e. The van der Waals surface area contributed by atoms with Gasteiger partial charge in [0.05, 0.1) is 5.56 Å². The molecule has 0 bridgehead atoms. The highest BCUT2D eigenvalue weighted by atomic mass is 19.4. The predicted octanol–water partition coefficient (Wildman–Crippen LogP) is 3.50. The number of aliphatic carboxylic acids is 1. The van der Waals surface area contributed by atoms with Gasteiger partial charge in [0.15, 0.2) is 0 Å². The molecule has 0 fully saturated rings. The minimum atomic E-state index is -4.47. The second-order valence-corrected chi connectivity index (χ2v) is 5.53. The molecule has 0 spiro atoms. The van der Waals surface area contributed by atoms with E-state index in [-0.39, 0.29) is 12.8 Å². The lowest BCUT2D eigenvalue weighted by atomic mass is 9.95. The Morgan fingerprint density at radius 1 is 1.16 bits per heavy atom. The molecule has 1 amide bonds. The topological polar surface area (TPSA) is 66.4 Å². The van der Waals surface area contributed by atoms with Gasteiger partial charge in [-0.3, -0.25) is 4.79 Å². The van der Waals surface area contributed by atoms with Crippen molar-refractivity contribution in [3.63, 3.8) is 0 Å². The summed E-state index contributed by atoms with van der Waals surface area (Å²) in [7, 11) is 0. The maximum absolute atomic E-state index is 12.5. The van der Waals surface area contributed by atoms with E-state index in [2.05, 4.69) is 5.32 Å². The van der Waals surface area contributed by atoms with Crippen molar-refractivity contribution in [2.24, 2.45) is 5.92 Å². The molecule has 0 saturated carbocycles. The number of benzene rings is 1. The van der Waals surface area contributed by atoms with Gasteiger partial charge in [0.25, 0.3) is 0 Å². The lowest BCUT2D eigenvalue weighted by Crippen LogP contribution is -2.45. The maximum atomic E-state index is 12.5. The first-order valence-electron chi connectivity index (χ1n) is 7.52. The Kier molecular flexibility index (Phi) is 7.32. The van der Waals surface area contributed by atoms with Crippen LogP contribution in [0.25, 0.3) is 0 Å². The average Bonchev–Trinajstić information content (AvgIpc) is 2.50. The first-order chi connectivity index (χ1) is 11.5. The van der Waals surface area contributed by atoms with Gasteiger partial charge in [0.1, 0.15) is 6.04 Å². The highest BCUT2D eigenvalue weighted by molar-refractivity contribution is 5.85. The molecule has 0 aliphatic rings. The van der Waals surface area contributed by atoms with Crippen molar-refractivity contribution in [1.82, 2.24) is 5.32 Å². The number of carboxylic acid groups (broad SMARTS) is 1. The quantitative estimate of drug-likeness (QED) is 0.691. The zero-order valence-corrected chi connectivity index (χ0v) is 13.3. The highest BCUT2D eigenvalue weighted by Gasteiger charge is 2.30. The van der Waals surface area contributed by atoms with Crippen molar-refractivity contribution < 1.29 is 36.6 Å². The van der Waals surface area contributed by atoms with E-state index in [1.165, 1.54) is 12.1 Å². The largest absolute Gasteiger partial charge is 0.480 e. The van der Waals surface area contributed by atoms with Crippen LogP contribution < -0.4 is 5.32 Å². The number of hydrogen-bond acceptors (Lipinski definition) is 2. The Bertz CT molecular complexity index is 586. The molecule has 0 aromatic heterocycles. The summed E-state index contributed by atoms with van der Waals surface area (Å²) in [6.07, 6.45) is -8.03. The third-order valence-electron chi connectivity index (χ3n) is 3.66. The summed E-state index contributed by atoms with van der Waals surface area (Å²) in [6.45, 7) is 1.64. The molecule has 2 N–H and O–H groups in total. The molecule has 4 nitrogen and oxygen atoms in total. The molecule has 140 valence electrons. The number of carbonyl (C=O) groups excluding carboxylic acids is 1. The number of carboxylic acids is 1. The Hall–Kier alpha value is -2.19. The minimum absolute atomic E-state index is 0.0709. The van der Waals surface area contributed by atoms with Crippen molar-refractivity contribution >= 4 is 11.9 Å². The number of nitrogens with one attached hydrogen (secondary N) is 1. The molecular formula is C16H18F5NO3. The summed E-state index contributed by atoms with van der Waals surface area (Å²) in [4.78, 5) is 23.0. The number of amides is 1. The molecular weight excluding hydrogens is 349 g/mol. The normalized spacial score (nSPS) is 14.2. The molecule has 0 saturated heterocycles. The van der Waals surface area contributed by atoms with E-state index in [4.69, 9.17) is 5.11 Å². The van der Waals surface area contributed by atoms with E-state index in [1.54, 1.807) is 6.92 Å². The Morgan fingerprint density at radius 2 is 1.72 bits per heavy atom. The molecule has 1 aromatic rings. The molecule has 0 heterocycles. The number of hydrogen-bond donors (Lipinski definition) is 2. The second-order valence-electron chi connectivity index (χ2n) is 5.53. The van der Waals surface area contributed by atoms with Crippen LogP contribution in [-0.4, -0.2) is 29.5 Å². The minimum Gasteiger partial charge on any atom is -0.480 e. The van der Waals surface area contributed by atoms with Crippen molar-refractivity contribution in [2.75, 3.05) is 0 Å². The van der Waals surface area contributed by atoms with Gasteiger partial charge in [-0.15, -0.1) is 0 Å². The number of alkyl halides is 5. The standard InChI is InChI=1S/C16H18F5NO3/c1-2-10(14(23)22-12(15(24)25)8-13(17)18)7-9-3-5-11(6-4-9)16(19,20)21/h3-6,10,12-13H,2,7-8H2,1H3,(H,22,23)(H,24,25). The van der Waals surface area contributed by atoms with Crippen LogP contribution in [0.1, 0.15) is 30.9 Å². The summed E-state index contributed by atoms with van der Waals surface area (Å²) in [6, 6.07) is 2.52. The summed E-state index contributed by atoms with van der Waals surface area (Å²) < 4.78 is 62.3. The lowest BCUT2D eigenvalue weighted by Gasteiger charge is -2.19. The van der Waals surface area contributed by atoms with Crippen LogP contribution in [0.4, 0.5) is 22.0 Å². The van der Waals surface area contributed by atoms with Crippen LogP contribution >= 0.6 is 0 Å². The fraction of sp³-hybridized carbons (Fsp3) is 0.500. The van der Waals surface area contributed by atoms with E-state index in [0.717, 1.165) is 12.1 Å². The number of rotatable bonds is 8. The summed E-state index contributed by atoms with van der Waals surface area (Å²) >= 11 is 0. The second kappa shape index (κ2) is 8.77. The highest BCUT2D eigenvalue weighted by Crippen LogP contribution is 2.29. The Balaban J connectivity index is 2.77. The maximum Gasteiger partial charge on any atom is 0.416 e. The van der Waals surface area contributed by atoms with Gasteiger partial charge in [-0.25, -0.2) is 13.6 Å². The molecule has 1 aromatic carbocycles. The van der Waals surface area contributed by atoms with Crippen molar-refractivity contribution in [1.29, 1.82) is 0 Å². The van der Waals surface area contributed by atoms with E-state index < -0.39 is 48.4 Å². The molecule has 25 heavy (non-hydrogen) atoms. The van der Waals surface area contributed by atoms with Crippen molar-refractivity contribution in [3.8, 4) is 0 Å². The van der Waals surface area contributed by atoms with Crippen LogP contribution in [0.3, 0.4) is 0 Å². The third-order valence-corrected chi connectivity index (χ3v) is 3.66. The Morgan fingerprint density at radius 3 is 2.12 bits per heavy atom. The van der Waals surface area contributed by atoms with Gasteiger partial charge in [0.2, 0.25) is 12.3 Å². The van der Waals surface area contributed by atoms with Crippen LogP contribution in [0.15, 0.2) is 24.3 Å². The number of halogens is 5. The van der Waals surface area contributed by atoms with E-state index in [0.29, 0.717) is 5.56 Å². The molecule has 0 radical (unpaired) electrons. The van der Waals surface area contributed by atoms with E-state index in [1.807, 2.05) is 0 Å². The summed E-state index contributed by atoms with van der Waals surface area (Å²) in [5, 5.41) is 10.9. The van der Waals surface area contributed by atoms with Gasteiger partial charge < -0.3 is 10.4 Å². The fourth-order valence-corrected chi connectivity index (χ4v) is 2.23. The van der Waals surface area contributed by atoms with Crippen LogP contribution in [-0.2, 0) is 22.2 Å². The zero-order valence-electron chi connectivity index (χ0n) is 13.3. The van der Waals surface area contributed by atoms with Crippen LogP contribution in [0.2, 0.25) is 0 Å². The van der Waals surface area contributed by atoms with Crippen LogP contribution in [0.5, 0.6) is 0 Å². The van der Waals surface area contributed by atoms with E-state index in [9.17, 15) is 31.5 Å². The number of carbonyl (C=O) groups is 2. The molecule has 9 heteroatoms. The summed E-state index contributed by atoms with van der Waals surface area (Å²) in [5.41, 5.74) is -0.368.